The summed E-state index contributed by atoms with van der Waals surface area (Å²) in [6, 6.07) is 0. The normalized spacial score (nSPS) is 16.7. The Morgan fingerprint density at radius 1 is 1.32 bits per heavy atom. The third kappa shape index (κ3) is 2.60. The van der Waals surface area contributed by atoms with Crippen LogP contribution in [0, 0.1) is 5.92 Å². The second-order valence-corrected chi connectivity index (χ2v) is 4.94. The largest absolute Gasteiger partial charge is 0.477 e. The maximum absolute atomic E-state index is 5.85. The van der Waals surface area contributed by atoms with E-state index >= 15 is 0 Å². The minimum Gasteiger partial charge on any atom is -0.477 e. The minimum atomic E-state index is 0.329. The molecule has 2 heterocycles. The monoisotopic (exact) mass is 262 g/mol. The highest BCUT2D eigenvalue weighted by Gasteiger charge is 2.16. The summed E-state index contributed by atoms with van der Waals surface area (Å²) in [6.07, 6.45) is 8.09. The smallest absolute Gasteiger partial charge is 0.242 e. The number of aromatic amines is 1. The number of rotatable bonds is 4. The van der Waals surface area contributed by atoms with Crippen LogP contribution in [0.25, 0.3) is 11.0 Å². The molecule has 7 heteroatoms. The van der Waals surface area contributed by atoms with E-state index in [1.165, 1.54) is 32.1 Å². The van der Waals surface area contributed by atoms with Crippen LogP contribution >= 0.6 is 0 Å². The molecule has 0 atom stereocenters. The lowest BCUT2D eigenvalue weighted by atomic mass is 9.90. The Hall–Kier alpha value is -1.89. The van der Waals surface area contributed by atoms with E-state index < -0.39 is 0 Å². The Labute approximate surface area is 110 Å². The molecule has 0 radical (unpaired) electrons. The van der Waals surface area contributed by atoms with Crippen molar-refractivity contribution < 1.29 is 4.74 Å². The molecule has 0 unspecified atom stereocenters. The SMILES string of the molecule is NNc1nc(OCC2CCCCC2)c2cn[nH]c2n1. The van der Waals surface area contributed by atoms with Crippen molar-refractivity contribution in [3.63, 3.8) is 0 Å². The van der Waals surface area contributed by atoms with E-state index in [4.69, 9.17) is 10.6 Å². The first-order chi connectivity index (χ1) is 9.36. The molecule has 7 nitrogen and oxygen atoms in total. The second kappa shape index (κ2) is 5.40. The van der Waals surface area contributed by atoms with E-state index in [1.54, 1.807) is 6.20 Å². The summed E-state index contributed by atoms with van der Waals surface area (Å²) in [6.45, 7) is 0.696. The molecule has 4 N–H and O–H groups in total. The van der Waals surface area contributed by atoms with Gasteiger partial charge in [-0.1, -0.05) is 19.3 Å². The van der Waals surface area contributed by atoms with Crippen LogP contribution in [0.2, 0.25) is 0 Å². The van der Waals surface area contributed by atoms with Crippen LogP contribution < -0.4 is 16.0 Å². The van der Waals surface area contributed by atoms with Crippen molar-refractivity contribution in [2.75, 3.05) is 12.0 Å². The molecule has 1 aliphatic carbocycles. The summed E-state index contributed by atoms with van der Waals surface area (Å²) >= 11 is 0. The molecule has 102 valence electrons. The van der Waals surface area contributed by atoms with Gasteiger partial charge in [0.05, 0.1) is 12.8 Å². The molecule has 0 aliphatic heterocycles. The first kappa shape index (κ1) is 12.2. The average molecular weight is 262 g/mol. The summed E-state index contributed by atoms with van der Waals surface area (Å²) in [4.78, 5) is 8.41. The zero-order valence-corrected chi connectivity index (χ0v) is 10.7. The molecule has 1 aliphatic rings. The van der Waals surface area contributed by atoms with Crippen molar-refractivity contribution in [1.82, 2.24) is 20.2 Å². The summed E-state index contributed by atoms with van der Waals surface area (Å²) in [7, 11) is 0. The van der Waals surface area contributed by atoms with Crippen molar-refractivity contribution in [2.24, 2.45) is 11.8 Å². The second-order valence-electron chi connectivity index (χ2n) is 4.94. The van der Waals surface area contributed by atoms with Crippen LogP contribution in [-0.4, -0.2) is 26.8 Å². The number of nitrogens with zero attached hydrogens (tertiary/aromatic N) is 3. The molecule has 1 saturated carbocycles. The number of aromatic nitrogens is 4. The number of ether oxygens (including phenoxy) is 1. The fourth-order valence-corrected chi connectivity index (χ4v) is 2.53. The number of fused-ring (bicyclic) bond motifs is 1. The predicted octanol–water partition coefficient (Wildman–Crippen LogP) is 1.60. The van der Waals surface area contributed by atoms with Gasteiger partial charge < -0.3 is 4.74 Å². The Balaban J connectivity index is 1.77. The Bertz CT molecular complexity index is 548. The quantitative estimate of drug-likeness (QED) is 0.571. The molecule has 0 bridgehead atoms. The summed E-state index contributed by atoms with van der Waals surface area (Å²) < 4.78 is 5.85. The van der Waals surface area contributed by atoms with Crippen LogP contribution in [0.15, 0.2) is 6.20 Å². The molecule has 0 amide bonds. The number of hydrogen-bond acceptors (Lipinski definition) is 6. The van der Waals surface area contributed by atoms with E-state index in [1.807, 2.05) is 0 Å². The van der Waals surface area contributed by atoms with Crippen LogP contribution in [0.4, 0.5) is 5.95 Å². The minimum absolute atomic E-state index is 0.329. The number of hydrazine groups is 1. The number of hydrogen-bond donors (Lipinski definition) is 3. The number of H-pyrrole nitrogens is 1. The van der Waals surface area contributed by atoms with Crippen LogP contribution in [-0.2, 0) is 0 Å². The Morgan fingerprint density at radius 3 is 2.95 bits per heavy atom. The number of nitrogens with two attached hydrogens (primary N) is 1. The topological polar surface area (TPSA) is 102 Å². The molecule has 2 aromatic heterocycles. The lowest BCUT2D eigenvalue weighted by Gasteiger charge is -2.21. The first-order valence-electron chi connectivity index (χ1n) is 6.67. The summed E-state index contributed by atoms with van der Waals surface area (Å²) in [5.41, 5.74) is 3.06. The van der Waals surface area contributed by atoms with Gasteiger partial charge in [0.2, 0.25) is 11.8 Å². The van der Waals surface area contributed by atoms with E-state index in [9.17, 15) is 0 Å². The molecule has 2 aromatic rings. The van der Waals surface area contributed by atoms with Crippen molar-refractivity contribution in [3.8, 4) is 5.88 Å². The van der Waals surface area contributed by atoms with E-state index in [-0.39, 0.29) is 0 Å². The number of nitrogens with one attached hydrogen (secondary N) is 2. The zero-order valence-electron chi connectivity index (χ0n) is 10.7. The van der Waals surface area contributed by atoms with E-state index in [2.05, 4.69) is 25.6 Å². The van der Waals surface area contributed by atoms with Gasteiger partial charge in [0.15, 0.2) is 5.65 Å². The van der Waals surface area contributed by atoms with Gasteiger partial charge in [0.1, 0.15) is 5.39 Å². The third-order valence-corrected chi connectivity index (χ3v) is 3.58. The Morgan fingerprint density at radius 2 is 2.16 bits per heavy atom. The van der Waals surface area contributed by atoms with E-state index in [0.29, 0.717) is 30.0 Å². The van der Waals surface area contributed by atoms with Crippen LogP contribution in [0.3, 0.4) is 0 Å². The molecule has 0 saturated heterocycles. The molecule has 0 spiro atoms. The molecule has 19 heavy (non-hydrogen) atoms. The highest BCUT2D eigenvalue weighted by atomic mass is 16.5. The van der Waals surface area contributed by atoms with Gasteiger partial charge in [-0.3, -0.25) is 10.5 Å². The van der Waals surface area contributed by atoms with Gasteiger partial charge in [-0.2, -0.15) is 15.1 Å². The molecular formula is C12H18N6O. The highest BCUT2D eigenvalue weighted by molar-refractivity contribution is 5.80. The highest BCUT2D eigenvalue weighted by Crippen LogP contribution is 2.26. The molecule has 1 fully saturated rings. The number of nitrogen functional groups attached to an aromatic ring is 1. The molecular weight excluding hydrogens is 244 g/mol. The van der Waals surface area contributed by atoms with Gasteiger partial charge in [-0.25, -0.2) is 5.84 Å². The van der Waals surface area contributed by atoms with Crippen molar-refractivity contribution in [1.29, 1.82) is 0 Å². The van der Waals surface area contributed by atoms with Crippen molar-refractivity contribution >= 4 is 17.0 Å². The van der Waals surface area contributed by atoms with Crippen molar-refractivity contribution in [3.05, 3.63) is 6.20 Å². The predicted molar refractivity (Wildman–Crippen MR) is 71.6 cm³/mol. The van der Waals surface area contributed by atoms with Gasteiger partial charge in [0, 0.05) is 0 Å². The molecule has 0 aromatic carbocycles. The first-order valence-corrected chi connectivity index (χ1v) is 6.67. The summed E-state index contributed by atoms with van der Waals surface area (Å²) in [5, 5.41) is 7.54. The average Bonchev–Trinajstić information content (AvgIpc) is 2.94. The zero-order chi connectivity index (χ0) is 13.1. The summed E-state index contributed by atoms with van der Waals surface area (Å²) in [5.74, 6) is 6.85. The third-order valence-electron chi connectivity index (χ3n) is 3.58. The van der Waals surface area contributed by atoms with Crippen LogP contribution in [0.5, 0.6) is 5.88 Å². The maximum Gasteiger partial charge on any atom is 0.242 e. The van der Waals surface area contributed by atoms with Gasteiger partial charge in [-0.05, 0) is 18.8 Å². The lowest BCUT2D eigenvalue weighted by Crippen LogP contribution is -2.17. The Kier molecular flexibility index (Phi) is 3.45. The lowest BCUT2D eigenvalue weighted by molar-refractivity contribution is 0.205. The van der Waals surface area contributed by atoms with E-state index in [0.717, 1.165) is 5.39 Å². The van der Waals surface area contributed by atoms with Gasteiger partial charge >= 0.3 is 0 Å². The van der Waals surface area contributed by atoms with Gasteiger partial charge in [-0.15, -0.1) is 0 Å². The fraction of sp³-hybridized carbons (Fsp3) is 0.583. The maximum atomic E-state index is 5.85. The van der Waals surface area contributed by atoms with Crippen molar-refractivity contribution in [2.45, 2.75) is 32.1 Å². The van der Waals surface area contributed by atoms with Gasteiger partial charge in [0.25, 0.3) is 0 Å². The number of anilines is 1. The fourth-order valence-electron chi connectivity index (χ4n) is 2.53. The standard InChI is InChI=1S/C12H18N6O/c13-17-12-15-10-9(6-14-18-10)11(16-12)19-7-8-4-2-1-3-5-8/h6,8H,1-5,7,13H2,(H2,14,15,16,17,18). The van der Waals surface area contributed by atoms with Crippen LogP contribution in [0.1, 0.15) is 32.1 Å². The molecule has 3 rings (SSSR count).